The van der Waals surface area contributed by atoms with Crippen LogP contribution in [0, 0.1) is 11.8 Å². The van der Waals surface area contributed by atoms with Crippen molar-refractivity contribution in [2.24, 2.45) is 11.8 Å². The van der Waals surface area contributed by atoms with E-state index in [1.54, 1.807) is 11.3 Å². The lowest BCUT2D eigenvalue weighted by Gasteiger charge is -2.10. The lowest BCUT2D eigenvalue weighted by Crippen LogP contribution is -2.21. The van der Waals surface area contributed by atoms with E-state index < -0.39 is 5.97 Å². The summed E-state index contributed by atoms with van der Waals surface area (Å²) in [5, 5.41) is 13.0. The zero-order chi connectivity index (χ0) is 16.6. The van der Waals surface area contributed by atoms with E-state index in [0.717, 1.165) is 20.9 Å². The number of benzene rings is 1. The minimum Gasteiger partial charge on any atom is -0.481 e. The van der Waals surface area contributed by atoms with Crippen molar-refractivity contribution in [2.45, 2.75) is 39.0 Å². The van der Waals surface area contributed by atoms with Crippen molar-refractivity contribution in [2.75, 3.05) is 5.32 Å². The molecule has 3 rings (SSSR count). The Morgan fingerprint density at radius 2 is 2.04 bits per heavy atom. The first-order chi connectivity index (χ1) is 10.9. The van der Waals surface area contributed by atoms with Crippen molar-refractivity contribution >= 4 is 39.1 Å². The predicted octanol–water partition coefficient (Wildman–Crippen LogP) is 3.86. The van der Waals surface area contributed by atoms with Gasteiger partial charge < -0.3 is 10.4 Å². The Bertz CT molecular complexity index is 753. The molecule has 6 heteroatoms. The zero-order valence-electron chi connectivity index (χ0n) is 13.2. The normalized spacial score (nSPS) is 21.0. The number of hydrogen-bond donors (Lipinski definition) is 2. The van der Waals surface area contributed by atoms with E-state index >= 15 is 0 Å². The lowest BCUT2D eigenvalue weighted by molar-refractivity contribution is -0.141. The number of fused-ring (bicyclic) bond motifs is 1. The van der Waals surface area contributed by atoms with Gasteiger partial charge in [-0.2, -0.15) is 0 Å². The molecule has 23 heavy (non-hydrogen) atoms. The molecule has 0 radical (unpaired) electrons. The second-order valence-electron chi connectivity index (χ2n) is 6.42. The highest BCUT2D eigenvalue weighted by Crippen LogP contribution is 2.33. The highest BCUT2D eigenvalue weighted by molar-refractivity contribution is 7.18. The molecule has 2 atom stereocenters. The number of nitrogens with zero attached hydrogens (tertiary/aromatic N) is 1. The molecule has 1 saturated carbocycles. The fraction of sp³-hybridized carbons (Fsp3) is 0.471. The van der Waals surface area contributed by atoms with Gasteiger partial charge >= 0.3 is 5.97 Å². The number of anilines is 1. The molecule has 5 nitrogen and oxygen atoms in total. The van der Waals surface area contributed by atoms with Gasteiger partial charge in [0.1, 0.15) is 0 Å². The second-order valence-corrected chi connectivity index (χ2v) is 7.49. The number of carboxylic acid groups (broad SMARTS) is 1. The number of hydrogen-bond acceptors (Lipinski definition) is 4. The van der Waals surface area contributed by atoms with Crippen LogP contribution < -0.4 is 5.32 Å². The number of aromatic nitrogens is 1. The van der Waals surface area contributed by atoms with Gasteiger partial charge in [-0.3, -0.25) is 9.59 Å². The van der Waals surface area contributed by atoms with Gasteiger partial charge in [-0.15, -0.1) is 11.3 Å². The molecule has 122 valence electrons. The number of carboxylic acids is 1. The third-order valence-electron chi connectivity index (χ3n) is 4.32. The number of aliphatic carboxylic acids is 1. The summed E-state index contributed by atoms with van der Waals surface area (Å²) in [4.78, 5) is 27.9. The summed E-state index contributed by atoms with van der Waals surface area (Å²) in [7, 11) is 0. The fourth-order valence-corrected chi connectivity index (χ4v) is 3.96. The van der Waals surface area contributed by atoms with E-state index in [9.17, 15) is 9.59 Å². The van der Waals surface area contributed by atoms with Crippen LogP contribution in [0.1, 0.15) is 44.0 Å². The molecule has 2 aromatic rings. The summed E-state index contributed by atoms with van der Waals surface area (Å²) >= 11 is 1.64. The fourth-order valence-electron chi connectivity index (χ4n) is 2.96. The Morgan fingerprint density at radius 1 is 1.30 bits per heavy atom. The Hall–Kier alpha value is -1.95. The molecule has 1 amide bonds. The molecule has 0 bridgehead atoms. The maximum absolute atomic E-state index is 12.3. The summed E-state index contributed by atoms with van der Waals surface area (Å²) in [5.41, 5.74) is 1.70. The Balaban J connectivity index is 1.71. The van der Waals surface area contributed by atoms with Gasteiger partial charge in [0.05, 0.1) is 21.1 Å². The molecule has 0 spiro atoms. The number of carbonyl (C=O) groups is 2. The van der Waals surface area contributed by atoms with Gasteiger partial charge in [-0.1, -0.05) is 13.8 Å². The van der Waals surface area contributed by atoms with E-state index in [1.807, 2.05) is 18.2 Å². The topological polar surface area (TPSA) is 79.3 Å². The van der Waals surface area contributed by atoms with Crippen LogP contribution in [-0.2, 0) is 9.59 Å². The first-order valence-corrected chi connectivity index (χ1v) is 8.70. The zero-order valence-corrected chi connectivity index (χ0v) is 14.0. The van der Waals surface area contributed by atoms with Crippen LogP contribution in [0.2, 0.25) is 0 Å². The van der Waals surface area contributed by atoms with Crippen LogP contribution in [-0.4, -0.2) is 22.0 Å². The SMILES string of the molecule is CC(C)c1nc2ccc(NC(=O)[C@@H]3CC[C@H](C(=O)O)C3)cc2s1. The Labute approximate surface area is 138 Å². The number of amides is 1. The van der Waals surface area contributed by atoms with Gasteiger partial charge in [-0.05, 0) is 37.5 Å². The van der Waals surface area contributed by atoms with Crippen LogP contribution in [0.3, 0.4) is 0 Å². The lowest BCUT2D eigenvalue weighted by atomic mass is 10.0. The first-order valence-electron chi connectivity index (χ1n) is 7.88. The molecule has 1 aliphatic carbocycles. The number of thiazole rings is 1. The molecule has 1 aliphatic rings. The minimum atomic E-state index is -0.799. The molecule has 1 heterocycles. The van der Waals surface area contributed by atoms with Gasteiger partial charge in [0, 0.05) is 17.5 Å². The summed E-state index contributed by atoms with van der Waals surface area (Å²) in [6.07, 6.45) is 1.66. The van der Waals surface area contributed by atoms with Crippen molar-refractivity contribution in [3.8, 4) is 0 Å². The average molecular weight is 332 g/mol. The largest absolute Gasteiger partial charge is 0.481 e. The maximum Gasteiger partial charge on any atom is 0.306 e. The van der Waals surface area contributed by atoms with E-state index in [0.29, 0.717) is 25.2 Å². The standard InChI is InChI=1S/C17H20N2O3S/c1-9(2)16-19-13-6-5-12(8-14(13)23-16)18-15(20)10-3-4-11(7-10)17(21)22/h5-6,8-11H,3-4,7H2,1-2H3,(H,18,20)(H,21,22)/t10-,11+/m1/s1. The number of nitrogens with one attached hydrogen (secondary N) is 1. The summed E-state index contributed by atoms with van der Waals surface area (Å²) in [6.45, 7) is 4.22. The molecular weight excluding hydrogens is 312 g/mol. The van der Waals surface area contributed by atoms with E-state index in [-0.39, 0.29) is 17.7 Å². The quantitative estimate of drug-likeness (QED) is 0.891. The average Bonchev–Trinajstić information content (AvgIpc) is 3.13. The minimum absolute atomic E-state index is 0.0818. The van der Waals surface area contributed by atoms with Crippen molar-refractivity contribution < 1.29 is 14.7 Å². The smallest absolute Gasteiger partial charge is 0.306 e. The molecule has 0 aliphatic heterocycles. The number of rotatable bonds is 4. The van der Waals surface area contributed by atoms with Gasteiger partial charge in [0.15, 0.2) is 0 Å². The predicted molar refractivity (Wildman–Crippen MR) is 90.8 cm³/mol. The van der Waals surface area contributed by atoms with Gasteiger partial charge in [0.25, 0.3) is 0 Å². The first kappa shape index (κ1) is 15.9. The monoisotopic (exact) mass is 332 g/mol. The molecule has 0 unspecified atom stereocenters. The van der Waals surface area contributed by atoms with Crippen LogP contribution in [0.5, 0.6) is 0 Å². The summed E-state index contributed by atoms with van der Waals surface area (Å²) in [6, 6.07) is 5.72. The third kappa shape index (κ3) is 3.37. The summed E-state index contributed by atoms with van der Waals surface area (Å²) < 4.78 is 1.06. The third-order valence-corrected chi connectivity index (χ3v) is 5.64. The van der Waals surface area contributed by atoms with Crippen molar-refractivity contribution in [1.29, 1.82) is 0 Å². The maximum atomic E-state index is 12.3. The molecular formula is C17H20N2O3S. The molecule has 1 fully saturated rings. The van der Waals surface area contributed by atoms with Crippen LogP contribution >= 0.6 is 11.3 Å². The Kier molecular flexibility index (Phi) is 4.35. The van der Waals surface area contributed by atoms with Crippen LogP contribution in [0.15, 0.2) is 18.2 Å². The molecule has 2 N–H and O–H groups in total. The highest BCUT2D eigenvalue weighted by atomic mass is 32.1. The van der Waals surface area contributed by atoms with E-state index in [4.69, 9.17) is 5.11 Å². The number of carbonyl (C=O) groups excluding carboxylic acids is 1. The molecule has 1 aromatic carbocycles. The molecule has 0 saturated heterocycles. The Morgan fingerprint density at radius 3 is 2.70 bits per heavy atom. The van der Waals surface area contributed by atoms with Crippen LogP contribution in [0.25, 0.3) is 10.2 Å². The second kappa shape index (κ2) is 6.28. The van der Waals surface area contributed by atoms with Crippen LogP contribution in [0.4, 0.5) is 5.69 Å². The van der Waals surface area contributed by atoms with Gasteiger partial charge in [0.2, 0.25) is 5.91 Å². The van der Waals surface area contributed by atoms with E-state index in [2.05, 4.69) is 24.1 Å². The van der Waals surface area contributed by atoms with Crippen molar-refractivity contribution in [3.63, 3.8) is 0 Å². The van der Waals surface area contributed by atoms with Crippen molar-refractivity contribution in [3.05, 3.63) is 23.2 Å². The molecule has 1 aromatic heterocycles. The van der Waals surface area contributed by atoms with Crippen molar-refractivity contribution in [1.82, 2.24) is 4.98 Å². The van der Waals surface area contributed by atoms with Gasteiger partial charge in [-0.25, -0.2) is 4.98 Å². The highest BCUT2D eigenvalue weighted by Gasteiger charge is 2.33. The van der Waals surface area contributed by atoms with E-state index in [1.165, 1.54) is 0 Å². The summed E-state index contributed by atoms with van der Waals surface area (Å²) in [5.74, 6) is -1.09.